The molecule has 0 saturated heterocycles. The van der Waals surface area contributed by atoms with Crippen molar-refractivity contribution in [2.75, 3.05) is 6.54 Å². The van der Waals surface area contributed by atoms with E-state index >= 15 is 0 Å². The molecule has 0 aliphatic heterocycles. The van der Waals surface area contributed by atoms with Crippen LogP contribution in [-0.4, -0.2) is 17.6 Å². The lowest BCUT2D eigenvalue weighted by Crippen LogP contribution is -2.33. The molecule has 19 heavy (non-hydrogen) atoms. The molecule has 1 aromatic heterocycles. The first-order valence-corrected chi connectivity index (χ1v) is 7.44. The van der Waals surface area contributed by atoms with Crippen molar-refractivity contribution in [2.24, 2.45) is 0 Å². The highest BCUT2D eigenvalue weighted by Crippen LogP contribution is 2.18. The van der Waals surface area contributed by atoms with Crippen LogP contribution in [0.25, 0.3) is 0 Å². The van der Waals surface area contributed by atoms with Crippen LogP contribution in [0.15, 0.2) is 53.3 Å². The largest absolute Gasteiger partial charge is 0.314 e. The van der Waals surface area contributed by atoms with E-state index in [4.69, 9.17) is 0 Å². The van der Waals surface area contributed by atoms with Crippen LogP contribution < -0.4 is 5.32 Å². The van der Waals surface area contributed by atoms with E-state index < -0.39 is 0 Å². The van der Waals surface area contributed by atoms with E-state index in [1.165, 1.54) is 15.6 Å². The van der Waals surface area contributed by atoms with E-state index in [2.05, 4.69) is 69.6 Å². The zero-order valence-corrected chi connectivity index (χ0v) is 12.7. The van der Waals surface area contributed by atoms with E-state index in [1.54, 1.807) is 0 Å². The molecule has 1 unspecified atom stereocenters. The van der Waals surface area contributed by atoms with Gasteiger partial charge >= 0.3 is 0 Å². The van der Waals surface area contributed by atoms with Crippen molar-refractivity contribution in [3.63, 3.8) is 0 Å². The minimum atomic E-state index is 0.450. The molecule has 0 radical (unpaired) electrons. The Kier molecular flexibility index (Phi) is 5.55. The first-order chi connectivity index (χ1) is 9.29. The second-order valence-corrected chi connectivity index (χ2v) is 5.46. The standard InChI is InChI=1S/C16H19BrN2/c1-2-19-15(11-13-7-9-18-10-8-13)12-14-5-3-4-6-16(14)17/h3-10,15,19H,2,11-12H2,1H3. The molecule has 100 valence electrons. The number of hydrogen-bond acceptors (Lipinski definition) is 2. The van der Waals surface area contributed by atoms with Crippen LogP contribution in [0.3, 0.4) is 0 Å². The van der Waals surface area contributed by atoms with E-state index in [1.807, 2.05) is 12.4 Å². The van der Waals surface area contributed by atoms with Gasteiger partial charge in [0.2, 0.25) is 0 Å². The van der Waals surface area contributed by atoms with Gasteiger partial charge in [0, 0.05) is 22.9 Å². The zero-order chi connectivity index (χ0) is 13.5. The van der Waals surface area contributed by atoms with Crippen LogP contribution in [0.4, 0.5) is 0 Å². The Morgan fingerprint density at radius 2 is 1.84 bits per heavy atom. The number of nitrogens with zero attached hydrogens (tertiary/aromatic N) is 1. The normalized spacial score (nSPS) is 12.3. The molecule has 2 rings (SSSR count). The molecule has 0 bridgehead atoms. The lowest BCUT2D eigenvalue weighted by Gasteiger charge is -2.18. The fraction of sp³-hybridized carbons (Fsp3) is 0.312. The summed E-state index contributed by atoms with van der Waals surface area (Å²) in [5.41, 5.74) is 2.68. The van der Waals surface area contributed by atoms with Crippen molar-refractivity contribution in [1.82, 2.24) is 10.3 Å². The summed E-state index contributed by atoms with van der Waals surface area (Å²) in [5, 5.41) is 3.57. The number of hydrogen-bond donors (Lipinski definition) is 1. The van der Waals surface area contributed by atoms with Gasteiger partial charge in [-0.05, 0) is 48.7 Å². The summed E-state index contributed by atoms with van der Waals surface area (Å²) in [6.45, 7) is 3.14. The Bertz CT molecular complexity index is 499. The lowest BCUT2D eigenvalue weighted by molar-refractivity contribution is 0.520. The van der Waals surface area contributed by atoms with Gasteiger partial charge in [-0.15, -0.1) is 0 Å². The van der Waals surface area contributed by atoms with Gasteiger partial charge in [-0.3, -0.25) is 4.98 Å². The first kappa shape index (κ1) is 14.2. The van der Waals surface area contributed by atoms with Gasteiger partial charge in [0.25, 0.3) is 0 Å². The number of benzene rings is 1. The summed E-state index contributed by atoms with van der Waals surface area (Å²) in [6.07, 6.45) is 5.77. The molecule has 1 atom stereocenters. The average molecular weight is 319 g/mol. The fourth-order valence-corrected chi connectivity index (χ4v) is 2.68. The van der Waals surface area contributed by atoms with Crippen LogP contribution in [0.1, 0.15) is 18.1 Å². The SMILES string of the molecule is CCNC(Cc1ccncc1)Cc1ccccc1Br. The van der Waals surface area contributed by atoms with Crippen molar-refractivity contribution in [3.8, 4) is 0 Å². The molecule has 0 fully saturated rings. The van der Waals surface area contributed by atoms with Gasteiger partial charge in [-0.2, -0.15) is 0 Å². The molecule has 2 aromatic rings. The summed E-state index contributed by atoms with van der Waals surface area (Å²) in [6, 6.07) is 13.1. The third kappa shape index (κ3) is 4.44. The van der Waals surface area contributed by atoms with Crippen molar-refractivity contribution in [3.05, 3.63) is 64.4 Å². The molecule has 3 heteroatoms. The van der Waals surface area contributed by atoms with Crippen molar-refractivity contribution in [1.29, 1.82) is 0 Å². The third-order valence-corrected chi connectivity index (χ3v) is 3.92. The molecule has 1 aromatic carbocycles. The number of nitrogens with one attached hydrogen (secondary N) is 1. The van der Waals surface area contributed by atoms with Crippen LogP contribution >= 0.6 is 15.9 Å². The summed E-state index contributed by atoms with van der Waals surface area (Å²) in [5.74, 6) is 0. The fourth-order valence-electron chi connectivity index (χ4n) is 2.24. The quantitative estimate of drug-likeness (QED) is 0.880. The number of halogens is 1. The minimum absolute atomic E-state index is 0.450. The van der Waals surface area contributed by atoms with Crippen LogP contribution in [0.5, 0.6) is 0 Å². The molecular weight excluding hydrogens is 300 g/mol. The van der Waals surface area contributed by atoms with Crippen molar-refractivity contribution >= 4 is 15.9 Å². The van der Waals surface area contributed by atoms with Crippen LogP contribution in [0.2, 0.25) is 0 Å². The predicted molar refractivity (Wildman–Crippen MR) is 83.3 cm³/mol. The van der Waals surface area contributed by atoms with Gasteiger partial charge in [-0.25, -0.2) is 0 Å². The van der Waals surface area contributed by atoms with Crippen LogP contribution in [-0.2, 0) is 12.8 Å². The van der Waals surface area contributed by atoms with Gasteiger partial charge in [0.15, 0.2) is 0 Å². The molecule has 0 aliphatic rings. The maximum Gasteiger partial charge on any atom is 0.0270 e. The number of rotatable bonds is 6. The Morgan fingerprint density at radius 3 is 2.53 bits per heavy atom. The second-order valence-electron chi connectivity index (χ2n) is 4.61. The Labute approximate surface area is 123 Å². The number of aromatic nitrogens is 1. The summed E-state index contributed by atoms with van der Waals surface area (Å²) < 4.78 is 1.19. The zero-order valence-electron chi connectivity index (χ0n) is 11.1. The van der Waals surface area contributed by atoms with Crippen molar-refractivity contribution in [2.45, 2.75) is 25.8 Å². The Balaban J connectivity index is 2.06. The smallest absolute Gasteiger partial charge is 0.0270 e. The van der Waals surface area contributed by atoms with Gasteiger partial charge in [0.05, 0.1) is 0 Å². The molecule has 2 nitrogen and oxygen atoms in total. The van der Waals surface area contributed by atoms with E-state index in [0.29, 0.717) is 6.04 Å². The van der Waals surface area contributed by atoms with E-state index in [0.717, 1.165) is 19.4 Å². The van der Waals surface area contributed by atoms with Crippen molar-refractivity contribution < 1.29 is 0 Å². The summed E-state index contributed by atoms with van der Waals surface area (Å²) in [4.78, 5) is 4.07. The summed E-state index contributed by atoms with van der Waals surface area (Å²) >= 11 is 3.62. The Hall–Kier alpha value is -1.19. The maximum absolute atomic E-state index is 4.07. The minimum Gasteiger partial charge on any atom is -0.314 e. The molecule has 0 spiro atoms. The predicted octanol–water partition coefficient (Wildman–Crippen LogP) is 3.61. The molecule has 0 saturated carbocycles. The number of likely N-dealkylation sites (N-methyl/N-ethyl adjacent to an activating group) is 1. The molecule has 0 amide bonds. The van der Waals surface area contributed by atoms with Crippen LogP contribution in [0, 0.1) is 0 Å². The van der Waals surface area contributed by atoms with E-state index in [-0.39, 0.29) is 0 Å². The first-order valence-electron chi connectivity index (χ1n) is 6.65. The molecule has 1 N–H and O–H groups in total. The molecule has 0 aliphatic carbocycles. The highest BCUT2D eigenvalue weighted by Gasteiger charge is 2.11. The van der Waals surface area contributed by atoms with Gasteiger partial charge in [0.1, 0.15) is 0 Å². The van der Waals surface area contributed by atoms with E-state index in [9.17, 15) is 0 Å². The van der Waals surface area contributed by atoms with Gasteiger partial charge < -0.3 is 5.32 Å². The topological polar surface area (TPSA) is 24.9 Å². The lowest BCUT2D eigenvalue weighted by atomic mass is 9.99. The highest BCUT2D eigenvalue weighted by atomic mass is 79.9. The summed E-state index contributed by atoms with van der Waals surface area (Å²) in [7, 11) is 0. The maximum atomic E-state index is 4.07. The van der Waals surface area contributed by atoms with Gasteiger partial charge in [-0.1, -0.05) is 41.1 Å². The Morgan fingerprint density at radius 1 is 1.11 bits per heavy atom. The second kappa shape index (κ2) is 7.41. The monoisotopic (exact) mass is 318 g/mol. The third-order valence-electron chi connectivity index (χ3n) is 3.15. The average Bonchev–Trinajstić information content (AvgIpc) is 2.43. The number of pyridine rings is 1. The molecule has 1 heterocycles. The molecular formula is C16H19BrN2. The highest BCUT2D eigenvalue weighted by molar-refractivity contribution is 9.10.